The Balaban J connectivity index is 1.89. The van der Waals surface area contributed by atoms with Gasteiger partial charge in [-0.15, -0.1) is 0 Å². The predicted octanol–water partition coefficient (Wildman–Crippen LogP) is 3.43. The lowest BCUT2D eigenvalue weighted by molar-refractivity contribution is -0.139. The van der Waals surface area contributed by atoms with Gasteiger partial charge in [-0.3, -0.25) is 4.79 Å². The van der Waals surface area contributed by atoms with E-state index in [9.17, 15) is 13.2 Å². The Hall–Kier alpha value is -2.38. The summed E-state index contributed by atoms with van der Waals surface area (Å²) in [6.07, 6.45) is 0.961. The molecule has 2 aromatic rings. The summed E-state index contributed by atoms with van der Waals surface area (Å²) in [6.45, 7) is 5.44. The number of methoxy groups -OCH3 is 1. The van der Waals surface area contributed by atoms with Crippen LogP contribution in [0.15, 0.2) is 54.6 Å². The number of carbonyl (C=O) groups is 1. The van der Waals surface area contributed by atoms with E-state index in [1.165, 1.54) is 4.31 Å². The lowest BCUT2D eigenvalue weighted by atomic mass is 9.72. The first kappa shape index (κ1) is 23.3. The molecule has 0 aliphatic carbocycles. The Morgan fingerprint density at radius 2 is 1.65 bits per heavy atom. The van der Waals surface area contributed by atoms with E-state index in [4.69, 9.17) is 4.74 Å². The Bertz CT molecular complexity index is 966. The number of nitrogens with zero attached hydrogens (tertiary/aromatic N) is 2. The molecular weight excluding hydrogens is 412 g/mol. The van der Waals surface area contributed by atoms with Gasteiger partial charge in [0.2, 0.25) is 15.9 Å². The van der Waals surface area contributed by atoms with Crippen LogP contribution < -0.4 is 4.74 Å². The summed E-state index contributed by atoms with van der Waals surface area (Å²) in [4.78, 5) is 15.8. The third-order valence-electron chi connectivity index (χ3n) is 6.27. The molecule has 0 N–H and O–H groups in total. The van der Waals surface area contributed by atoms with Gasteiger partial charge in [0.1, 0.15) is 5.75 Å². The molecule has 7 heteroatoms. The minimum Gasteiger partial charge on any atom is -0.497 e. The number of ether oxygens (including phenoxy) is 1. The molecular formula is C24H32N2O4S. The van der Waals surface area contributed by atoms with E-state index in [2.05, 4.69) is 0 Å². The van der Waals surface area contributed by atoms with E-state index in [-0.39, 0.29) is 11.7 Å². The topological polar surface area (TPSA) is 66.9 Å². The molecule has 0 radical (unpaired) electrons. The maximum Gasteiger partial charge on any atom is 0.233 e. The van der Waals surface area contributed by atoms with Gasteiger partial charge >= 0.3 is 0 Å². The van der Waals surface area contributed by atoms with Gasteiger partial charge in [-0.05, 0) is 49.9 Å². The number of amides is 1. The fraction of sp³-hybridized carbons (Fsp3) is 0.458. The average Bonchev–Trinajstić information content (AvgIpc) is 2.83. The molecule has 1 heterocycles. The van der Waals surface area contributed by atoms with Crippen molar-refractivity contribution < 1.29 is 17.9 Å². The molecule has 1 amide bonds. The quantitative estimate of drug-likeness (QED) is 0.626. The fourth-order valence-electron chi connectivity index (χ4n) is 4.29. The van der Waals surface area contributed by atoms with Crippen LogP contribution >= 0.6 is 0 Å². The fourth-order valence-corrected chi connectivity index (χ4v) is 5.40. The van der Waals surface area contributed by atoms with E-state index >= 15 is 0 Å². The Labute approximate surface area is 185 Å². The van der Waals surface area contributed by atoms with Gasteiger partial charge in [0.15, 0.2) is 0 Å². The number of benzene rings is 2. The zero-order valence-corrected chi connectivity index (χ0v) is 19.4. The number of piperidine rings is 1. The smallest absolute Gasteiger partial charge is 0.233 e. The Morgan fingerprint density at radius 1 is 1.03 bits per heavy atom. The number of carbonyl (C=O) groups excluding carboxylic acids is 1. The van der Waals surface area contributed by atoms with Gasteiger partial charge < -0.3 is 9.64 Å². The average molecular weight is 445 g/mol. The normalized spacial score (nSPS) is 16.6. The van der Waals surface area contributed by atoms with Crippen molar-refractivity contribution in [3.8, 4) is 5.75 Å². The number of hydrogen-bond acceptors (Lipinski definition) is 4. The molecule has 1 aliphatic rings. The van der Waals surface area contributed by atoms with Gasteiger partial charge in [-0.1, -0.05) is 42.5 Å². The first-order chi connectivity index (χ1) is 14.9. The van der Waals surface area contributed by atoms with Crippen molar-refractivity contribution in [3.63, 3.8) is 0 Å². The molecule has 3 rings (SSSR count). The van der Waals surface area contributed by atoms with Crippen molar-refractivity contribution in [1.82, 2.24) is 9.21 Å². The lowest BCUT2D eigenvalue weighted by Gasteiger charge is -2.43. The molecule has 1 fully saturated rings. The summed E-state index contributed by atoms with van der Waals surface area (Å²) < 4.78 is 31.5. The van der Waals surface area contributed by atoms with E-state index in [0.717, 1.165) is 16.9 Å². The van der Waals surface area contributed by atoms with Crippen molar-refractivity contribution in [3.05, 3.63) is 65.7 Å². The molecule has 1 saturated heterocycles. The van der Waals surface area contributed by atoms with Gasteiger partial charge in [0, 0.05) is 26.2 Å². The highest BCUT2D eigenvalue weighted by molar-refractivity contribution is 7.89. The van der Waals surface area contributed by atoms with Crippen molar-refractivity contribution in [2.75, 3.05) is 32.5 Å². The van der Waals surface area contributed by atoms with Crippen molar-refractivity contribution in [1.29, 1.82) is 0 Å². The second-order valence-corrected chi connectivity index (χ2v) is 10.2. The van der Waals surface area contributed by atoms with E-state index < -0.39 is 15.4 Å². The molecule has 0 saturated carbocycles. The number of hydrogen-bond donors (Lipinski definition) is 0. The lowest BCUT2D eigenvalue weighted by Crippen LogP contribution is -2.53. The van der Waals surface area contributed by atoms with Crippen LogP contribution in [0.2, 0.25) is 0 Å². The summed E-state index contributed by atoms with van der Waals surface area (Å²) in [5.74, 6) is 0.923. The highest BCUT2D eigenvalue weighted by Crippen LogP contribution is 2.38. The van der Waals surface area contributed by atoms with Crippen molar-refractivity contribution in [2.24, 2.45) is 0 Å². The second kappa shape index (κ2) is 9.83. The highest BCUT2D eigenvalue weighted by Gasteiger charge is 2.46. The van der Waals surface area contributed by atoms with Gasteiger partial charge in [0.25, 0.3) is 0 Å². The monoisotopic (exact) mass is 444 g/mol. The van der Waals surface area contributed by atoms with E-state index in [0.29, 0.717) is 39.0 Å². The van der Waals surface area contributed by atoms with Crippen molar-refractivity contribution >= 4 is 15.9 Å². The van der Waals surface area contributed by atoms with Crippen LogP contribution in [0.1, 0.15) is 37.8 Å². The summed E-state index contributed by atoms with van der Waals surface area (Å²) in [5, 5.41) is 0. The van der Waals surface area contributed by atoms with Crippen molar-refractivity contribution in [2.45, 2.75) is 38.6 Å². The zero-order chi connectivity index (χ0) is 22.5. The number of sulfonamides is 1. The third kappa shape index (κ3) is 4.93. The van der Waals surface area contributed by atoms with Crippen LogP contribution in [0, 0.1) is 0 Å². The SMILES string of the molecule is CCN(Cc1ccc(OC)cc1)C(=O)C1(c2ccccc2)CCN(S(=O)(=O)CC)CC1. The first-order valence-electron chi connectivity index (χ1n) is 10.8. The molecule has 0 bridgehead atoms. The highest BCUT2D eigenvalue weighted by atomic mass is 32.2. The van der Waals surface area contributed by atoms with Crippen LogP contribution in [-0.4, -0.2) is 56.0 Å². The van der Waals surface area contributed by atoms with Crippen LogP contribution in [0.5, 0.6) is 5.75 Å². The molecule has 1 aliphatic heterocycles. The maximum absolute atomic E-state index is 13.9. The van der Waals surface area contributed by atoms with E-state index in [1.807, 2.05) is 66.4 Å². The molecule has 0 unspecified atom stereocenters. The summed E-state index contributed by atoms with van der Waals surface area (Å²) in [7, 11) is -1.63. The Kier molecular flexibility index (Phi) is 7.38. The summed E-state index contributed by atoms with van der Waals surface area (Å²) in [6, 6.07) is 17.5. The minimum absolute atomic E-state index is 0.0607. The standard InChI is InChI=1S/C24H32N2O4S/c1-4-25(19-20-11-13-22(30-3)14-12-20)23(27)24(21-9-7-6-8-10-21)15-17-26(18-16-24)31(28,29)5-2/h6-14H,4-5,15-19H2,1-3H3. The van der Waals surface area contributed by atoms with E-state index in [1.54, 1.807) is 14.0 Å². The predicted molar refractivity (Wildman–Crippen MR) is 122 cm³/mol. The largest absolute Gasteiger partial charge is 0.497 e. The molecule has 0 spiro atoms. The zero-order valence-electron chi connectivity index (χ0n) is 18.6. The number of likely N-dealkylation sites (N-methyl/N-ethyl adjacent to an activating group) is 1. The van der Waals surface area contributed by atoms with Gasteiger partial charge in [0.05, 0.1) is 18.3 Å². The molecule has 0 aromatic heterocycles. The molecule has 6 nitrogen and oxygen atoms in total. The van der Waals surface area contributed by atoms with Crippen LogP contribution in [0.3, 0.4) is 0 Å². The molecule has 0 atom stereocenters. The number of rotatable bonds is 8. The molecule has 2 aromatic carbocycles. The van der Waals surface area contributed by atoms with Gasteiger partial charge in [-0.2, -0.15) is 0 Å². The van der Waals surface area contributed by atoms with Crippen LogP contribution in [0.25, 0.3) is 0 Å². The third-order valence-corrected chi connectivity index (χ3v) is 8.15. The van der Waals surface area contributed by atoms with Gasteiger partial charge in [-0.25, -0.2) is 12.7 Å². The van der Waals surface area contributed by atoms with Crippen LogP contribution in [-0.2, 0) is 26.8 Å². The maximum atomic E-state index is 13.9. The summed E-state index contributed by atoms with van der Waals surface area (Å²) >= 11 is 0. The minimum atomic E-state index is -3.26. The Morgan fingerprint density at radius 3 is 2.16 bits per heavy atom. The summed E-state index contributed by atoms with van der Waals surface area (Å²) in [5.41, 5.74) is 1.27. The van der Waals surface area contributed by atoms with Crippen LogP contribution in [0.4, 0.5) is 0 Å². The molecule has 31 heavy (non-hydrogen) atoms. The second-order valence-electron chi connectivity index (χ2n) is 7.92. The molecule has 168 valence electrons. The first-order valence-corrected chi connectivity index (χ1v) is 12.4.